The van der Waals surface area contributed by atoms with Crippen LogP contribution in [0.1, 0.15) is 12.0 Å². The fraction of sp³-hybridized carbons (Fsp3) is 0.167. The van der Waals surface area contributed by atoms with E-state index >= 15 is 0 Å². The van der Waals surface area contributed by atoms with Crippen molar-refractivity contribution in [2.45, 2.75) is 11.3 Å². The molecule has 0 bridgehead atoms. The molecule has 0 unspecified atom stereocenters. The zero-order chi connectivity index (χ0) is 11.8. The van der Waals surface area contributed by atoms with Crippen molar-refractivity contribution in [2.24, 2.45) is 5.14 Å². The first-order valence-corrected chi connectivity index (χ1v) is 5.74. The zero-order valence-electron chi connectivity index (χ0n) is 6.92. The first-order valence-electron chi connectivity index (χ1n) is 3.40. The minimum atomic E-state index is -4.46. The lowest BCUT2D eigenvalue weighted by Gasteiger charge is -2.08. The van der Waals surface area contributed by atoms with Gasteiger partial charge in [0.2, 0.25) is 10.0 Å². The Bertz CT molecular complexity index is 491. The smallest absolute Gasteiger partial charge is 0.245 e. The van der Waals surface area contributed by atoms with Crippen molar-refractivity contribution in [3.8, 4) is 0 Å². The molecule has 0 fully saturated rings. The third-order valence-electron chi connectivity index (χ3n) is 1.48. The Kier molecular flexibility index (Phi) is 3.36. The summed E-state index contributed by atoms with van der Waals surface area (Å²) in [6.45, 7) is 0. The number of alkyl halides is 2. The second-order valence-corrected chi connectivity index (χ2v) is 4.73. The molecule has 0 aliphatic rings. The van der Waals surface area contributed by atoms with E-state index in [4.69, 9.17) is 0 Å². The predicted molar refractivity (Wildman–Crippen MR) is 48.2 cm³/mol. The van der Waals surface area contributed by atoms with E-state index in [0.717, 1.165) is 0 Å². The lowest BCUT2D eigenvalue weighted by atomic mass is 10.3. The SMILES string of the molecule is NS(=O)(=O)c1c(Br)ncc(F)c1C(F)F. The van der Waals surface area contributed by atoms with E-state index in [2.05, 4.69) is 26.1 Å². The first kappa shape index (κ1) is 12.4. The van der Waals surface area contributed by atoms with Crippen LogP contribution in [-0.4, -0.2) is 13.4 Å². The van der Waals surface area contributed by atoms with E-state index in [-0.39, 0.29) is 0 Å². The molecule has 1 heterocycles. The van der Waals surface area contributed by atoms with Crippen LogP contribution in [0.25, 0.3) is 0 Å². The summed E-state index contributed by atoms with van der Waals surface area (Å²) in [5, 5.41) is 4.67. The van der Waals surface area contributed by atoms with Crippen molar-refractivity contribution in [2.75, 3.05) is 0 Å². The monoisotopic (exact) mass is 304 g/mol. The summed E-state index contributed by atoms with van der Waals surface area (Å²) < 4.78 is 59.1. The second-order valence-electron chi connectivity index (χ2n) is 2.49. The van der Waals surface area contributed by atoms with Gasteiger partial charge in [-0.25, -0.2) is 31.7 Å². The minimum absolute atomic E-state index is 0.443. The summed E-state index contributed by atoms with van der Waals surface area (Å²) in [7, 11) is -4.46. The number of rotatable bonds is 2. The van der Waals surface area contributed by atoms with Crippen molar-refractivity contribution in [1.82, 2.24) is 4.98 Å². The molecule has 0 saturated heterocycles. The molecule has 1 aromatic rings. The van der Waals surface area contributed by atoms with Gasteiger partial charge in [0.25, 0.3) is 6.43 Å². The van der Waals surface area contributed by atoms with E-state index in [1.54, 1.807) is 0 Å². The van der Waals surface area contributed by atoms with Gasteiger partial charge in [0, 0.05) is 0 Å². The number of aromatic nitrogens is 1. The van der Waals surface area contributed by atoms with Gasteiger partial charge in [0.1, 0.15) is 9.50 Å². The van der Waals surface area contributed by atoms with Gasteiger partial charge in [-0.1, -0.05) is 0 Å². The maximum absolute atomic E-state index is 12.9. The summed E-state index contributed by atoms with van der Waals surface area (Å²) in [5.41, 5.74) is -1.28. The Morgan fingerprint density at radius 3 is 2.33 bits per heavy atom. The molecule has 1 aromatic heterocycles. The van der Waals surface area contributed by atoms with Crippen molar-refractivity contribution in [3.63, 3.8) is 0 Å². The van der Waals surface area contributed by atoms with Gasteiger partial charge >= 0.3 is 0 Å². The van der Waals surface area contributed by atoms with Crippen molar-refractivity contribution < 1.29 is 21.6 Å². The highest BCUT2D eigenvalue weighted by Gasteiger charge is 2.28. The molecule has 0 amide bonds. The maximum Gasteiger partial charge on any atom is 0.268 e. The summed E-state index contributed by atoms with van der Waals surface area (Å²) in [6.07, 6.45) is -2.81. The fourth-order valence-electron chi connectivity index (χ4n) is 0.935. The molecule has 0 saturated carbocycles. The van der Waals surface area contributed by atoms with Gasteiger partial charge < -0.3 is 0 Å². The van der Waals surface area contributed by atoms with Crippen molar-refractivity contribution in [1.29, 1.82) is 0 Å². The Morgan fingerprint density at radius 1 is 1.47 bits per heavy atom. The van der Waals surface area contributed by atoms with Crippen LogP contribution in [0, 0.1) is 5.82 Å². The summed E-state index contributed by atoms with van der Waals surface area (Å²) in [4.78, 5) is 2.21. The standard InChI is InChI=1S/C6H4BrF3N2O2S/c7-5-4(15(11,13)14)3(6(9)10)2(8)1-12-5/h1,6H,(H2,11,13,14). The minimum Gasteiger partial charge on any atom is -0.245 e. The first-order chi connectivity index (χ1) is 6.75. The van der Waals surface area contributed by atoms with Gasteiger partial charge in [0.05, 0.1) is 11.8 Å². The van der Waals surface area contributed by atoms with Crippen molar-refractivity contribution in [3.05, 3.63) is 22.2 Å². The van der Waals surface area contributed by atoms with Crippen molar-refractivity contribution >= 4 is 26.0 Å². The third kappa shape index (κ3) is 2.47. The Hall–Kier alpha value is -0.670. The van der Waals surface area contributed by atoms with E-state index in [9.17, 15) is 21.6 Å². The highest BCUT2D eigenvalue weighted by atomic mass is 79.9. The number of sulfonamides is 1. The van der Waals surface area contributed by atoms with Gasteiger partial charge in [-0.3, -0.25) is 0 Å². The molecule has 0 spiro atoms. The van der Waals surface area contributed by atoms with E-state index in [0.29, 0.717) is 6.20 Å². The molecular formula is C6H4BrF3N2O2S. The lowest BCUT2D eigenvalue weighted by molar-refractivity contribution is 0.142. The molecule has 2 N–H and O–H groups in total. The molecule has 1 rings (SSSR count). The number of hydrogen-bond acceptors (Lipinski definition) is 3. The van der Waals surface area contributed by atoms with E-state index in [1.807, 2.05) is 0 Å². The normalized spacial score (nSPS) is 12.1. The van der Waals surface area contributed by atoms with Crippen LogP contribution in [0.3, 0.4) is 0 Å². The largest absolute Gasteiger partial charge is 0.268 e. The average Bonchev–Trinajstić information content (AvgIpc) is 2.05. The molecule has 0 aliphatic carbocycles. The topological polar surface area (TPSA) is 73.1 Å². The van der Waals surface area contributed by atoms with Crippen LogP contribution in [0.15, 0.2) is 15.7 Å². The maximum atomic E-state index is 12.9. The van der Waals surface area contributed by atoms with Crippen LogP contribution in [0.5, 0.6) is 0 Å². The lowest BCUT2D eigenvalue weighted by Crippen LogP contribution is -2.17. The van der Waals surface area contributed by atoms with Gasteiger partial charge in [-0.05, 0) is 15.9 Å². The fourth-order valence-corrected chi connectivity index (χ4v) is 2.71. The van der Waals surface area contributed by atoms with E-state index in [1.165, 1.54) is 0 Å². The van der Waals surface area contributed by atoms with Crippen LogP contribution >= 0.6 is 15.9 Å². The highest BCUT2D eigenvalue weighted by molar-refractivity contribution is 9.10. The Labute approximate surface area is 91.5 Å². The molecule has 0 radical (unpaired) electrons. The second kappa shape index (κ2) is 4.06. The summed E-state index contributed by atoms with van der Waals surface area (Å²) >= 11 is 2.62. The molecule has 0 atom stereocenters. The number of nitrogens with two attached hydrogens (primary N) is 1. The number of nitrogens with zero attached hydrogens (tertiary/aromatic N) is 1. The third-order valence-corrected chi connectivity index (χ3v) is 3.33. The molecule has 0 aromatic carbocycles. The summed E-state index contributed by atoms with van der Waals surface area (Å²) in [5.74, 6) is -1.42. The predicted octanol–water partition coefficient (Wildman–Crippen LogP) is 1.57. The Balaban J connectivity index is 3.68. The number of hydrogen-bond donors (Lipinski definition) is 1. The highest BCUT2D eigenvalue weighted by Crippen LogP contribution is 2.32. The van der Waals surface area contributed by atoms with Gasteiger partial charge in [-0.2, -0.15) is 0 Å². The average molecular weight is 305 g/mol. The van der Waals surface area contributed by atoms with Crippen LogP contribution in [0.2, 0.25) is 0 Å². The number of halogens is 4. The summed E-state index contributed by atoms with van der Waals surface area (Å²) in [6, 6.07) is 0. The Morgan fingerprint density at radius 2 is 2.00 bits per heavy atom. The van der Waals surface area contributed by atoms with Crippen LogP contribution < -0.4 is 5.14 Å². The van der Waals surface area contributed by atoms with Crippen LogP contribution in [0.4, 0.5) is 13.2 Å². The van der Waals surface area contributed by atoms with E-state index < -0.39 is 37.3 Å². The zero-order valence-corrected chi connectivity index (χ0v) is 9.32. The van der Waals surface area contributed by atoms with Gasteiger partial charge in [0.15, 0.2) is 5.82 Å². The molecule has 9 heteroatoms. The number of primary sulfonamides is 1. The molecular weight excluding hydrogens is 301 g/mol. The molecule has 15 heavy (non-hydrogen) atoms. The van der Waals surface area contributed by atoms with Gasteiger partial charge in [-0.15, -0.1) is 0 Å². The molecule has 4 nitrogen and oxygen atoms in total. The molecule has 84 valence electrons. The number of pyridine rings is 1. The quantitative estimate of drug-likeness (QED) is 0.843. The van der Waals surface area contributed by atoms with Crippen LogP contribution in [-0.2, 0) is 10.0 Å². The molecule has 0 aliphatic heterocycles.